The Bertz CT molecular complexity index is 399. The number of rotatable bonds is 3. The number of hydrogen-bond acceptors (Lipinski definition) is 5. The fourth-order valence-corrected chi connectivity index (χ4v) is 2.56. The Kier molecular flexibility index (Phi) is 8.84. The number of hydrogen-bond donors (Lipinski definition) is 4. The molecular formula is C8H20N4O5S2. The van der Waals surface area contributed by atoms with Gasteiger partial charge in [0.05, 0.1) is 6.54 Å². The van der Waals surface area contributed by atoms with E-state index < -0.39 is 21.2 Å². The van der Waals surface area contributed by atoms with Crippen LogP contribution in [0.5, 0.6) is 0 Å². The molecule has 1 aliphatic rings. The van der Waals surface area contributed by atoms with Crippen LogP contribution in [0.2, 0.25) is 0 Å². The van der Waals surface area contributed by atoms with Crippen molar-refractivity contribution in [2.24, 2.45) is 16.5 Å². The van der Waals surface area contributed by atoms with Crippen molar-refractivity contribution in [2.45, 2.75) is 6.42 Å². The SMILES string of the molecule is NC(N)=NCCN1CCCS(=O)CC1.O=S(=O)(O)O. The van der Waals surface area contributed by atoms with Crippen LogP contribution in [0.25, 0.3) is 0 Å². The quantitative estimate of drug-likeness (QED) is 0.266. The van der Waals surface area contributed by atoms with E-state index >= 15 is 0 Å². The van der Waals surface area contributed by atoms with Gasteiger partial charge in [-0.1, -0.05) is 0 Å². The Morgan fingerprint density at radius 2 is 1.84 bits per heavy atom. The normalized spacial score (nSPS) is 20.8. The lowest BCUT2D eigenvalue weighted by atomic mass is 10.4. The van der Waals surface area contributed by atoms with Gasteiger partial charge in [-0.05, 0) is 13.0 Å². The van der Waals surface area contributed by atoms with Crippen LogP contribution >= 0.6 is 0 Å². The third-order valence-electron chi connectivity index (χ3n) is 2.19. The second kappa shape index (κ2) is 9.20. The van der Waals surface area contributed by atoms with Crippen molar-refractivity contribution >= 4 is 27.2 Å². The minimum atomic E-state index is -4.67. The Morgan fingerprint density at radius 3 is 2.37 bits per heavy atom. The lowest BCUT2D eigenvalue weighted by molar-refractivity contribution is 0.304. The van der Waals surface area contributed by atoms with Crippen molar-refractivity contribution in [3.63, 3.8) is 0 Å². The molecule has 0 aromatic heterocycles. The summed E-state index contributed by atoms with van der Waals surface area (Å²) in [6.07, 6.45) is 1.01. The van der Waals surface area contributed by atoms with Crippen molar-refractivity contribution in [1.29, 1.82) is 0 Å². The number of nitrogens with zero attached hydrogens (tertiary/aromatic N) is 2. The molecule has 19 heavy (non-hydrogen) atoms. The van der Waals surface area contributed by atoms with Gasteiger partial charge in [0, 0.05) is 35.4 Å². The van der Waals surface area contributed by atoms with Gasteiger partial charge in [0.15, 0.2) is 5.96 Å². The van der Waals surface area contributed by atoms with Crippen LogP contribution in [0.3, 0.4) is 0 Å². The van der Waals surface area contributed by atoms with Gasteiger partial charge in [-0.25, -0.2) is 0 Å². The molecule has 1 rings (SSSR count). The van der Waals surface area contributed by atoms with Crippen molar-refractivity contribution in [1.82, 2.24) is 4.90 Å². The minimum Gasteiger partial charge on any atom is -0.370 e. The van der Waals surface area contributed by atoms with Crippen LogP contribution in [0, 0.1) is 0 Å². The molecule has 114 valence electrons. The van der Waals surface area contributed by atoms with Crippen molar-refractivity contribution in [2.75, 3.05) is 37.7 Å². The summed E-state index contributed by atoms with van der Waals surface area (Å²) >= 11 is 0. The van der Waals surface area contributed by atoms with E-state index in [1.54, 1.807) is 0 Å². The molecule has 0 aromatic carbocycles. The third kappa shape index (κ3) is 15.2. The molecule has 0 amide bonds. The summed E-state index contributed by atoms with van der Waals surface area (Å²) in [5.74, 6) is 1.75. The Morgan fingerprint density at radius 1 is 1.26 bits per heavy atom. The maximum atomic E-state index is 11.2. The van der Waals surface area contributed by atoms with E-state index in [1.807, 2.05) is 0 Å². The first-order valence-electron chi connectivity index (χ1n) is 5.51. The summed E-state index contributed by atoms with van der Waals surface area (Å²) in [4.78, 5) is 6.18. The van der Waals surface area contributed by atoms with Crippen LogP contribution in [-0.4, -0.2) is 70.3 Å². The smallest absolute Gasteiger partial charge is 0.370 e. The van der Waals surface area contributed by atoms with E-state index in [1.165, 1.54) is 0 Å². The van der Waals surface area contributed by atoms with Gasteiger partial charge in [0.2, 0.25) is 0 Å². The lowest BCUT2D eigenvalue weighted by Crippen LogP contribution is -2.30. The predicted octanol–water partition coefficient (Wildman–Crippen LogP) is -1.94. The first-order chi connectivity index (χ1) is 8.68. The zero-order chi connectivity index (χ0) is 14.9. The Hall–Kier alpha value is -0.750. The van der Waals surface area contributed by atoms with Gasteiger partial charge in [0.25, 0.3) is 0 Å². The molecule has 0 aromatic rings. The molecule has 1 fully saturated rings. The van der Waals surface area contributed by atoms with Crippen LogP contribution in [0.1, 0.15) is 6.42 Å². The molecular weight excluding hydrogens is 296 g/mol. The lowest BCUT2D eigenvalue weighted by Gasteiger charge is -2.17. The maximum absolute atomic E-state index is 11.2. The van der Waals surface area contributed by atoms with Crippen LogP contribution in [0.4, 0.5) is 0 Å². The highest BCUT2D eigenvalue weighted by molar-refractivity contribution is 7.85. The van der Waals surface area contributed by atoms with E-state index in [0.29, 0.717) is 6.54 Å². The van der Waals surface area contributed by atoms with Gasteiger partial charge in [-0.2, -0.15) is 8.42 Å². The second-order valence-electron chi connectivity index (χ2n) is 3.80. The summed E-state index contributed by atoms with van der Waals surface area (Å²) in [7, 11) is -5.29. The fourth-order valence-electron chi connectivity index (χ4n) is 1.44. The summed E-state index contributed by atoms with van der Waals surface area (Å²) in [5.41, 5.74) is 10.4. The van der Waals surface area contributed by atoms with Gasteiger partial charge >= 0.3 is 10.4 Å². The van der Waals surface area contributed by atoms with Crippen molar-refractivity contribution in [3.8, 4) is 0 Å². The number of aliphatic imine (C=N–C) groups is 1. The highest BCUT2D eigenvalue weighted by atomic mass is 32.3. The first-order valence-corrected chi connectivity index (χ1v) is 8.39. The molecule has 0 bridgehead atoms. The maximum Gasteiger partial charge on any atom is 0.394 e. The summed E-state index contributed by atoms with van der Waals surface area (Å²) in [5, 5.41) is 0. The van der Waals surface area contributed by atoms with Crippen molar-refractivity contribution < 1.29 is 21.7 Å². The first kappa shape index (κ1) is 18.2. The van der Waals surface area contributed by atoms with Gasteiger partial charge in [0.1, 0.15) is 0 Å². The van der Waals surface area contributed by atoms with E-state index in [0.717, 1.165) is 37.6 Å². The molecule has 1 aliphatic heterocycles. The molecule has 0 aliphatic carbocycles. The largest absolute Gasteiger partial charge is 0.394 e. The summed E-state index contributed by atoms with van der Waals surface area (Å²) < 4.78 is 42.8. The van der Waals surface area contributed by atoms with Crippen LogP contribution < -0.4 is 11.5 Å². The average Bonchev–Trinajstić information content (AvgIpc) is 2.41. The minimum absolute atomic E-state index is 0.142. The molecule has 6 N–H and O–H groups in total. The molecule has 1 saturated heterocycles. The average molecular weight is 316 g/mol. The van der Waals surface area contributed by atoms with Crippen LogP contribution in [-0.2, 0) is 21.2 Å². The Labute approximate surface area is 115 Å². The zero-order valence-electron chi connectivity index (χ0n) is 10.4. The highest BCUT2D eigenvalue weighted by Gasteiger charge is 2.11. The third-order valence-corrected chi connectivity index (χ3v) is 3.57. The van der Waals surface area contributed by atoms with Gasteiger partial charge in [-0.15, -0.1) is 0 Å². The van der Waals surface area contributed by atoms with Crippen molar-refractivity contribution in [3.05, 3.63) is 0 Å². The van der Waals surface area contributed by atoms with Gasteiger partial charge < -0.3 is 16.4 Å². The molecule has 0 spiro atoms. The predicted molar refractivity (Wildman–Crippen MR) is 73.8 cm³/mol. The van der Waals surface area contributed by atoms with E-state index in [9.17, 15) is 4.21 Å². The number of guanidine groups is 1. The fraction of sp³-hybridized carbons (Fsp3) is 0.875. The summed E-state index contributed by atoms with van der Waals surface area (Å²) in [6, 6.07) is 0. The number of nitrogens with two attached hydrogens (primary N) is 2. The van der Waals surface area contributed by atoms with Crippen LogP contribution in [0.15, 0.2) is 4.99 Å². The van der Waals surface area contributed by atoms with E-state index in [2.05, 4.69) is 9.89 Å². The monoisotopic (exact) mass is 316 g/mol. The highest BCUT2D eigenvalue weighted by Crippen LogP contribution is 2.00. The Balaban J connectivity index is 0.000000555. The van der Waals surface area contributed by atoms with Gasteiger partial charge in [-0.3, -0.25) is 18.3 Å². The molecule has 1 atom stereocenters. The molecule has 11 heteroatoms. The molecule has 1 heterocycles. The molecule has 1 unspecified atom stereocenters. The van der Waals surface area contributed by atoms with E-state index in [4.69, 9.17) is 29.0 Å². The topological polar surface area (TPSA) is 159 Å². The molecule has 0 saturated carbocycles. The standard InChI is InChI=1S/C8H18N4OS.H2O4S/c9-8(10)11-2-4-12-3-1-6-14(13)7-5-12;1-5(2,3)4/h1-7H2,(H4,9,10,11);(H2,1,2,3,4). The zero-order valence-corrected chi connectivity index (χ0v) is 12.1. The molecule has 9 nitrogen and oxygen atoms in total. The summed E-state index contributed by atoms with van der Waals surface area (Å²) in [6.45, 7) is 3.39. The van der Waals surface area contributed by atoms with E-state index in [-0.39, 0.29) is 5.96 Å². The molecule has 0 radical (unpaired) electrons. The second-order valence-corrected chi connectivity index (χ2v) is 6.39.